The van der Waals surface area contributed by atoms with Crippen molar-refractivity contribution in [3.63, 3.8) is 0 Å². The summed E-state index contributed by atoms with van der Waals surface area (Å²) >= 11 is 5.33. The summed E-state index contributed by atoms with van der Waals surface area (Å²) in [6, 6.07) is 12.4. The van der Waals surface area contributed by atoms with Gasteiger partial charge in [0.15, 0.2) is 5.11 Å². The molecule has 0 saturated carbocycles. The van der Waals surface area contributed by atoms with Crippen LogP contribution in [0.1, 0.15) is 16.7 Å². The van der Waals surface area contributed by atoms with E-state index in [2.05, 4.69) is 5.32 Å². The highest BCUT2D eigenvalue weighted by Gasteiger charge is 2.32. The van der Waals surface area contributed by atoms with Crippen molar-refractivity contribution < 1.29 is 9.90 Å². The van der Waals surface area contributed by atoms with Gasteiger partial charge in [-0.3, -0.25) is 9.69 Å². The Labute approximate surface area is 140 Å². The number of carbonyl (C=O) groups excluding carboxylic acids is 1. The van der Waals surface area contributed by atoms with Gasteiger partial charge in [0.25, 0.3) is 5.91 Å². The van der Waals surface area contributed by atoms with Gasteiger partial charge in [-0.15, -0.1) is 0 Å². The van der Waals surface area contributed by atoms with E-state index in [1.165, 1.54) is 4.90 Å². The normalized spacial score (nSPS) is 16.1. The van der Waals surface area contributed by atoms with Gasteiger partial charge in [0, 0.05) is 0 Å². The number of aryl methyl sites for hydroxylation is 1. The van der Waals surface area contributed by atoms with Crippen molar-refractivity contribution >= 4 is 35.0 Å². The Balaban J connectivity index is 1.97. The number of nitrogens with zero attached hydrogens (tertiary/aromatic N) is 1. The van der Waals surface area contributed by atoms with Crippen molar-refractivity contribution in [2.24, 2.45) is 0 Å². The molecule has 0 radical (unpaired) electrons. The van der Waals surface area contributed by atoms with E-state index in [1.54, 1.807) is 30.3 Å². The van der Waals surface area contributed by atoms with Crippen LogP contribution in [-0.2, 0) is 4.79 Å². The minimum Gasteiger partial charge on any atom is -0.508 e. The van der Waals surface area contributed by atoms with Gasteiger partial charge in [-0.2, -0.15) is 0 Å². The fourth-order valence-electron chi connectivity index (χ4n) is 2.47. The van der Waals surface area contributed by atoms with E-state index in [4.69, 9.17) is 12.2 Å². The van der Waals surface area contributed by atoms with E-state index in [0.717, 1.165) is 22.4 Å². The number of nitrogens with one attached hydrogen (secondary N) is 1. The first-order chi connectivity index (χ1) is 11.0. The van der Waals surface area contributed by atoms with Crippen LogP contribution in [-0.4, -0.2) is 16.1 Å². The second kappa shape index (κ2) is 5.85. The standard InChI is InChI=1S/C18H16N2O2S/c1-11-4-3-5-16(12(11)2)20-17(22)15(19-18(20)23)10-13-6-8-14(21)9-7-13/h3-10,21H,1-2H3,(H,19,23)/b15-10+. The summed E-state index contributed by atoms with van der Waals surface area (Å²) in [6.45, 7) is 3.98. The lowest BCUT2D eigenvalue weighted by atomic mass is 10.1. The van der Waals surface area contributed by atoms with E-state index in [9.17, 15) is 9.90 Å². The minimum absolute atomic E-state index is 0.184. The lowest BCUT2D eigenvalue weighted by Gasteiger charge is -2.17. The molecular weight excluding hydrogens is 308 g/mol. The summed E-state index contributed by atoms with van der Waals surface area (Å²) in [7, 11) is 0. The number of amides is 1. The number of thiocarbonyl (C=S) groups is 1. The maximum Gasteiger partial charge on any atom is 0.281 e. The molecule has 4 nitrogen and oxygen atoms in total. The van der Waals surface area contributed by atoms with Gasteiger partial charge < -0.3 is 10.4 Å². The van der Waals surface area contributed by atoms with Gasteiger partial charge in [0.05, 0.1) is 5.69 Å². The molecule has 5 heteroatoms. The molecule has 0 spiro atoms. The van der Waals surface area contributed by atoms with Crippen LogP contribution >= 0.6 is 12.2 Å². The molecule has 0 atom stereocenters. The van der Waals surface area contributed by atoms with Crippen molar-refractivity contribution in [3.8, 4) is 5.75 Å². The number of phenolic OH excluding ortho intramolecular Hbond substituents is 1. The highest BCUT2D eigenvalue weighted by Crippen LogP contribution is 2.27. The van der Waals surface area contributed by atoms with Gasteiger partial charge in [-0.1, -0.05) is 24.3 Å². The van der Waals surface area contributed by atoms with Crippen LogP contribution < -0.4 is 10.2 Å². The molecule has 116 valence electrons. The fourth-order valence-corrected chi connectivity index (χ4v) is 2.76. The van der Waals surface area contributed by atoms with E-state index in [-0.39, 0.29) is 11.7 Å². The molecule has 2 N–H and O–H groups in total. The van der Waals surface area contributed by atoms with Crippen LogP contribution in [0.4, 0.5) is 5.69 Å². The predicted octanol–water partition coefficient (Wildman–Crippen LogP) is 3.27. The molecule has 1 heterocycles. The average Bonchev–Trinajstić information content (AvgIpc) is 2.79. The Bertz CT molecular complexity index is 825. The second-order valence-corrected chi connectivity index (χ2v) is 5.83. The number of anilines is 1. The molecule has 0 aliphatic carbocycles. The van der Waals surface area contributed by atoms with Crippen molar-refractivity contribution in [1.29, 1.82) is 0 Å². The SMILES string of the molecule is Cc1cccc(N2C(=O)/C(=C\c3ccc(O)cc3)NC2=S)c1C. The average molecular weight is 324 g/mol. The fraction of sp³-hybridized carbons (Fsp3) is 0.111. The monoisotopic (exact) mass is 324 g/mol. The third kappa shape index (κ3) is 2.83. The van der Waals surface area contributed by atoms with Crippen molar-refractivity contribution in [2.75, 3.05) is 4.90 Å². The minimum atomic E-state index is -0.184. The molecular formula is C18H16N2O2S. The lowest BCUT2D eigenvalue weighted by Crippen LogP contribution is -2.31. The molecule has 23 heavy (non-hydrogen) atoms. The van der Waals surface area contributed by atoms with E-state index in [0.29, 0.717) is 10.8 Å². The summed E-state index contributed by atoms with van der Waals surface area (Å²) in [6.07, 6.45) is 1.72. The molecule has 0 bridgehead atoms. The molecule has 1 saturated heterocycles. The number of benzene rings is 2. The third-order valence-corrected chi connectivity index (χ3v) is 4.18. The summed E-state index contributed by atoms with van der Waals surface area (Å²) in [5.41, 5.74) is 4.15. The lowest BCUT2D eigenvalue weighted by molar-refractivity contribution is -0.113. The van der Waals surface area contributed by atoms with Crippen LogP contribution in [0.25, 0.3) is 6.08 Å². The van der Waals surface area contributed by atoms with Crippen molar-refractivity contribution in [3.05, 3.63) is 64.9 Å². The van der Waals surface area contributed by atoms with Crippen molar-refractivity contribution in [2.45, 2.75) is 13.8 Å². The predicted molar refractivity (Wildman–Crippen MR) is 95.2 cm³/mol. The molecule has 0 unspecified atom stereocenters. The largest absolute Gasteiger partial charge is 0.508 e. The summed E-state index contributed by atoms with van der Waals surface area (Å²) in [5, 5.41) is 12.7. The smallest absolute Gasteiger partial charge is 0.281 e. The molecule has 1 aliphatic heterocycles. The Morgan fingerprint density at radius 3 is 2.52 bits per heavy atom. The second-order valence-electron chi connectivity index (χ2n) is 5.44. The molecule has 1 amide bonds. The summed E-state index contributed by atoms with van der Waals surface area (Å²) in [4.78, 5) is 14.2. The van der Waals surface area contributed by atoms with E-state index >= 15 is 0 Å². The number of rotatable bonds is 2. The highest BCUT2D eigenvalue weighted by molar-refractivity contribution is 7.80. The molecule has 2 aromatic carbocycles. The Morgan fingerprint density at radius 1 is 1.13 bits per heavy atom. The number of aromatic hydroxyl groups is 1. The van der Waals surface area contributed by atoms with Crippen molar-refractivity contribution in [1.82, 2.24) is 5.32 Å². The van der Waals surface area contributed by atoms with E-state index < -0.39 is 0 Å². The van der Waals surface area contributed by atoms with Gasteiger partial charge in [-0.05, 0) is 67.0 Å². The Kier molecular flexibility index (Phi) is 3.88. The first kappa shape index (κ1) is 15.2. The van der Waals surface area contributed by atoms with Crippen LogP contribution in [0.2, 0.25) is 0 Å². The summed E-state index contributed by atoms with van der Waals surface area (Å²) < 4.78 is 0. The van der Waals surface area contributed by atoms with Gasteiger partial charge in [0.1, 0.15) is 11.4 Å². The van der Waals surface area contributed by atoms with Crippen LogP contribution in [0.3, 0.4) is 0 Å². The maximum absolute atomic E-state index is 12.7. The Morgan fingerprint density at radius 2 is 1.83 bits per heavy atom. The molecule has 0 aromatic heterocycles. The molecule has 3 rings (SSSR count). The number of carbonyl (C=O) groups is 1. The number of phenols is 1. The Hall–Kier alpha value is -2.66. The van der Waals surface area contributed by atoms with Crippen LogP contribution in [0.15, 0.2) is 48.2 Å². The number of hydrogen-bond acceptors (Lipinski definition) is 3. The van der Waals surface area contributed by atoms with Gasteiger partial charge in [0.2, 0.25) is 0 Å². The first-order valence-corrected chi connectivity index (χ1v) is 7.60. The molecule has 1 fully saturated rings. The van der Waals surface area contributed by atoms with E-state index in [1.807, 2.05) is 32.0 Å². The topological polar surface area (TPSA) is 52.6 Å². The zero-order valence-corrected chi connectivity index (χ0v) is 13.6. The van der Waals surface area contributed by atoms with Crippen LogP contribution in [0, 0.1) is 13.8 Å². The van der Waals surface area contributed by atoms with Gasteiger partial charge in [-0.25, -0.2) is 0 Å². The zero-order valence-electron chi connectivity index (χ0n) is 12.8. The quantitative estimate of drug-likeness (QED) is 0.657. The van der Waals surface area contributed by atoms with Gasteiger partial charge >= 0.3 is 0 Å². The highest BCUT2D eigenvalue weighted by atomic mass is 32.1. The molecule has 2 aromatic rings. The molecule has 1 aliphatic rings. The maximum atomic E-state index is 12.7. The number of hydrogen-bond donors (Lipinski definition) is 2. The van der Waals surface area contributed by atoms with Crippen LogP contribution in [0.5, 0.6) is 5.75 Å². The summed E-state index contributed by atoms with van der Waals surface area (Å²) in [5.74, 6) is 0.00201. The zero-order chi connectivity index (χ0) is 16.6. The first-order valence-electron chi connectivity index (χ1n) is 7.20. The third-order valence-electron chi connectivity index (χ3n) is 3.90.